The van der Waals surface area contributed by atoms with E-state index in [0.29, 0.717) is 12.6 Å². The Balaban J connectivity index is 1.52. The number of nitrogens with one attached hydrogen (secondary N) is 1. The molecule has 3 heterocycles. The summed E-state index contributed by atoms with van der Waals surface area (Å²) in [6, 6.07) is 4.39. The number of nitrogens with zero attached hydrogens (tertiary/aromatic N) is 3. The second-order valence-electron chi connectivity index (χ2n) is 9.56. The largest absolute Gasteiger partial charge is 0.333 e. The quantitative estimate of drug-likeness (QED) is 0.785. The molecule has 0 radical (unpaired) electrons. The van der Waals surface area contributed by atoms with Gasteiger partial charge in [-0.25, -0.2) is 4.79 Å². The molecule has 4 rings (SSSR count). The minimum absolute atomic E-state index is 0.0659. The summed E-state index contributed by atoms with van der Waals surface area (Å²) < 4.78 is 0. The van der Waals surface area contributed by atoms with Crippen LogP contribution in [0.25, 0.3) is 0 Å². The molecular weight excluding hydrogens is 388 g/mol. The second-order valence-corrected chi connectivity index (χ2v) is 9.56. The highest BCUT2D eigenvalue weighted by molar-refractivity contribution is 6.01. The highest BCUT2D eigenvalue weighted by Gasteiger charge is 2.43. The van der Waals surface area contributed by atoms with Crippen LogP contribution in [0.15, 0.2) is 23.4 Å². The molecule has 0 aliphatic carbocycles. The number of carbonyl (C=O) groups is 2. The molecule has 0 aromatic heterocycles. The van der Waals surface area contributed by atoms with Crippen LogP contribution in [0.5, 0.6) is 0 Å². The van der Waals surface area contributed by atoms with E-state index in [1.54, 1.807) is 11.9 Å². The first-order valence-electron chi connectivity index (χ1n) is 11.7. The summed E-state index contributed by atoms with van der Waals surface area (Å²) in [4.78, 5) is 32.3. The zero-order chi connectivity index (χ0) is 22.3. The predicted molar refractivity (Wildman–Crippen MR) is 123 cm³/mol. The van der Waals surface area contributed by atoms with Gasteiger partial charge in [-0.1, -0.05) is 18.6 Å². The third kappa shape index (κ3) is 4.10. The lowest BCUT2D eigenvalue weighted by Gasteiger charge is -2.33. The first kappa shape index (κ1) is 21.9. The molecule has 1 aromatic carbocycles. The van der Waals surface area contributed by atoms with Crippen molar-refractivity contribution in [3.63, 3.8) is 0 Å². The van der Waals surface area contributed by atoms with Crippen molar-refractivity contribution in [2.45, 2.75) is 65.5 Å². The van der Waals surface area contributed by atoms with E-state index in [2.05, 4.69) is 50.0 Å². The van der Waals surface area contributed by atoms with Crippen molar-refractivity contribution >= 4 is 11.9 Å². The Morgan fingerprint density at radius 3 is 2.52 bits per heavy atom. The van der Waals surface area contributed by atoms with Gasteiger partial charge >= 0.3 is 6.03 Å². The molecule has 3 aliphatic rings. The van der Waals surface area contributed by atoms with E-state index < -0.39 is 0 Å². The van der Waals surface area contributed by atoms with Crippen LogP contribution in [0.4, 0.5) is 4.79 Å². The number of piperidine rings is 1. The van der Waals surface area contributed by atoms with E-state index in [1.807, 2.05) is 4.90 Å². The summed E-state index contributed by atoms with van der Waals surface area (Å²) in [5.74, 6) is 0.0659. The fourth-order valence-electron chi connectivity index (χ4n) is 5.29. The van der Waals surface area contributed by atoms with E-state index in [-0.39, 0.29) is 18.0 Å². The maximum absolute atomic E-state index is 13.5. The smallest absolute Gasteiger partial charge is 0.322 e. The average molecular weight is 425 g/mol. The molecule has 6 heteroatoms. The highest BCUT2D eigenvalue weighted by atomic mass is 16.2. The third-order valence-corrected chi connectivity index (χ3v) is 7.44. The predicted octanol–water partition coefficient (Wildman–Crippen LogP) is 3.67. The molecule has 1 saturated heterocycles. The fourth-order valence-corrected chi connectivity index (χ4v) is 5.29. The van der Waals surface area contributed by atoms with Gasteiger partial charge in [0.05, 0.1) is 23.9 Å². The van der Waals surface area contributed by atoms with Gasteiger partial charge in [-0.3, -0.25) is 9.69 Å². The minimum atomic E-state index is -0.377. The molecule has 1 fully saturated rings. The van der Waals surface area contributed by atoms with Gasteiger partial charge in [0.25, 0.3) is 5.91 Å². The van der Waals surface area contributed by atoms with Crippen LogP contribution in [0, 0.1) is 20.8 Å². The number of rotatable bonds is 5. The number of urea groups is 1. The molecule has 0 unspecified atom stereocenters. The topological polar surface area (TPSA) is 55.9 Å². The van der Waals surface area contributed by atoms with Crippen LogP contribution >= 0.6 is 0 Å². The number of carbonyl (C=O) groups excluding carboxylic acids is 2. The molecule has 6 nitrogen and oxygen atoms in total. The Morgan fingerprint density at radius 2 is 1.77 bits per heavy atom. The van der Waals surface area contributed by atoms with E-state index >= 15 is 0 Å². The molecule has 31 heavy (non-hydrogen) atoms. The molecule has 0 bridgehead atoms. The van der Waals surface area contributed by atoms with Crippen molar-refractivity contribution in [1.29, 1.82) is 0 Å². The number of likely N-dealkylation sites (tertiary alicyclic amines) is 1. The molecule has 0 saturated carbocycles. The van der Waals surface area contributed by atoms with Gasteiger partial charge in [-0.15, -0.1) is 0 Å². The number of hydrogen-bond donors (Lipinski definition) is 1. The SMILES string of the molecule is Cc1cc(C)c([C@@H]2NC(=O)N(C)C3=C2C(=O)N(CCCN2CCCC[C@@H]2C)C3)cc1C. The van der Waals surface area contributed by atoms with Crippen LogP contribution < -0.4 is 5.32 Å². The number of benzene rings is 1. The molecule has 3 amide bonds. The van der Waals surface area contributed by atoms with E-state index in [9.17, 15) is 9.59 Å². The maximum Gasteiger partial charge on any atom is 0.322 e. The number of likely N-dealkylation sites (N-methyl/N-ethyl adjacent to an activating group) is 1. The standard InChI is InChI=1S/C25H36N4O2/c1-16-13-18(3)20(14-17(16)2)23-22-21(27(5)25(31)26-23)15-29(24(22)30)12-8-11-28-10-7-6-9-19(28)4/h13-14,19,23H,6-12,15H2,1-5H3,(H,26,31)/t19-,23-/m0/s1. The zero-order valence-electron chi connectivity index (χ0n) is 19.6. The summed E-state index contributed by atoms with van der Waals surface area (Å²) in [6.07, 6.45) is 4.84. The van der Waals surface area contributed by atoms with E-state index in [0.717, 1.165) is 41.9 Å². The molecule has 1 N–H and O–H groups in total. The van der Waals surface area contributed by atoms with Gasteiger partial charge < -0.3 is 15.1 Å². The summed E-state index contributed by atoms with van der Waals surface area (Å²) >= 11 is 0. The van der Waals surface area contributed by atoms with E-state index in [4.69, 9.17) is 0 Å². The van der Waals surface area contributed by atoms with Gasteiger partial charge in [0.2, 0.25) is 0 Å². The van der Waals surface area contributed by atoms with Gasteiger partial charge in [-0.05, 0) is 75.8 Å². The van der Waals surface area contributed by atoms with Crippen LogP contribution in [0.2, 0.25) is 0 Å². The van der Waals surface area contributed by atoms with Crippen molar-refractivity contribution in [2.75, 3.05) is 33.2 Å². The number of hydrogen-bond acceptors (Lipinski definition) is 3. The summed E-state index contributed by atoms with van der Waals surface area (Å²) in [5, 5.41) is 3.08. The Hall–Kier alpha value is -2.34. The van der Waals surface area contributed by atoms with Crippen molar-refractivity contribution in [1.82, 2.24) is 20.0 Å². The van der Waals surface area contributed by atoms with Crippen LogP contribution in [0.1, 0.15) is 60.9 Å². The monoisotopic (exact) mass is 424 g/mol. The summed E-state index contributed by atoms with van der Waals surface area (Å²) in [6.45, 7) is 12.0. The first-order valence-corrected chi connectivity index (χ1v) is 11.7. The van der Waals surface area contributed by atoms with E-state index in [1.165, 1.54) is 36.9 Å². The van der Waals surface area contributed by atoms with Crippen molar-refractivity contribution in [3.05, 3.63) is 45.7 Å². The lowest BCUT2D eigenvalue weighted by Crippen LogP contribution is -2.45. The number of aryl methyl sites for hydroxylation is 3. The van der Waals surface area contributed by atoms with Gasteiger partial charge in [0.1, 0.15) is 0 Å². The molecular formula is C25H36N4O2. The first-order chi connectivity index (χ1) is 14.8. The van der Waals surface area contributed by atoms with Gasteiger partial charge in [0, 0.05) is 26.2 Å². The summed E-state index contributed by atoms with van der Waals surface area (Å²) in [7, 11) is 1.76. The lowest BCUT2D eigenvalue weighted by molar-refractivity contribution is -0.125. The summed E-state index contributed by atoms with van der Waals surface area (Å²) in [5.41, 5.74) is 6.11. The number of amides is 3. The average Bonchev–Trinajstić information content (AvgIpc) is 3.06. The zero-order valence-corrected chi connectivity index (χ0v) is 19.6. The minimum Gasteiger partial charge on any atom is -0.333 e. The van der Waals surface area contributed by atoms with Crippen LogP contribution in [-0.2, 0) is 4.79 Å². The molecule has 168 valence electrons. The fraction of sp³-hybridized carbons (Fsp3) is 0.600. The van der Waals surface area contributed by atoms with Crippen molar-refractivity contribution in [2.24, 2.45) is 0 Å². The Labute approximate surface area is 186 Å². The Kier molecular flexibility index (Phi) is 6.11. The maximum atomic E-state index is 13.5. The highest BCUT2D eigenvalue weighted by Crippen LogP contribution is 2.37. The van der Waals surface area contributed by atoms with Crippen LogP contribution in [0.3, 0.4) is 0 Å². The Bertz CT molecular complexity index is 922. The molecule has 2 atom stereocenters. The lowest BCUT2D eigenvalue weighted by atomic mass is 9.90. The molecule has 3 aliphatic heterocycles. The van der Waals surface area contributed by atoms with Gasteiger partial charge in [-0.2, -0.15) is 0 Å². The molecule has 0 spiro atoms. The third-order valence-electron chi connectivity index (χ3n) is 7.44. The Morgan fingerprint density at radius 1 is 1.03 bits per heavy atom. The molecule has 1 aromatic rings. The van der Waals surface area contributed by atoms with Crippen molar-refractivity contribution in [3.8, 4) is 0 Å². The second kappa shape index (κ2) is 8.65. The normalized spacial score (nSPS) is 24.7. The van der Waals surface area contributed by atoms with Crippen molar-refractivity contribution < 1.29 is 9.59 Å². The van der Waals surface area contributed by atoms with Crippen LogP contribution in [-0.4, -0.2) is 65.9 Å². The van der Waals surface area contributed by atoms with Gasteiger partial charge in [0.15, 0.2) is 0 Å².